The van der Waals surface area contributed by atoms with Crippen LogP contribution in [0.3, 0.4) is 0 Å². The van der Waals surface area contributed by atoms with Crippen LogP contribution in [-0.4, -0.2) is 63.1 Å². The second-order valence-corrected chi connectivity index (χ2v) is 23.1. The molecule has 7 heteroatoms. The van der Waals surface area contributed by atoms with Crippen molar-refractivity contribution < 1.29 is 9.53 Å². The van der Waals surface area contributed by atoms with E-state index in [1.807, 2.05) is 25.7 Å². The first-order valence-corrected chi connectivity index (χ1v) is 19.6. The number of carbonyl (C=O) groups is 1. The molecule has 1 fully saturated rings. The minimum absolute atomic E-state index is 0.204. The Balaban J connectivity index is 2.25. The fraction of sp³-hybridized carbons (Fsp3) is 0.870. The van der Waals surface area contributed by atoms with Crippen LogP contribution in [0, 0.1) is 0 Å². The van der Waals surface area contributed by atoms with E-state index in [4.69, 9.17) is 4.74 Å². The van der Waals surface area contributed by atoms with Crippen molar-refractivity contribution in [2.24, 2.45) is 0 Å². The molecule has 2 heterocycles. The molecule has 1 saturated heterocycles. The number of unbranched alkanes of at least 4 members (excludes halogenated alkanes) is 3. The Morgan fingerprint density at radius 2 is 1.67 bits per heavy atom. The number of ether oxygens (including phenoxy) is 1. The van der Waals surface area contributed by atoms with E-state index in [0.717, 1.165) is 13.0 Å². The SMILES string of the molecule is CCC[CH2][Sn]([CH2]CCC)([CH2]CCC)[c]1cnnn1[C@H]1CCN(C(=O)OC(C)(C)C)C1. The van der Waals surface area contributed by atoms with E-state index in [-0.39, 0.29) is 12.1 Å². The van der Waals surface area contributed by atoms with Gasteiger partial charge in [-0.15, -0.1) is 0 Å². The van der Waals surface area contributed by atoms with E-state index in [2.05, 4.69) is 42.0 Å². The number of carbonyl (C=O) groups excluding carboxylic acids is 1. The average molecular weight is 527 g/mol. The maximum absolute atomic E-state index is 12.6. The number of hydrogen-bond donors (Lipinski definition) is 0. The van der Waals surface area contributed by atoms with Crippen LogP contribution >= 0.6 is 0 Å². The molecule has 1 aliphatic heterocycles. The molecule has 0 unspecified atom stereocenters. The molecule has 1 atom stereocenters. The minimum atomic E-state index is -2.61. The summed E-state index contributed by atoms with van der Waals surface area (Å²) in [6, 6.07) is 0.232. The second-order valence-electron chi connectivity index (χ2n) is 10.0. The molecule has 6 nitrogen and oxygen atoms in total. The number of hydrogen-bond acceptors (Lipinski definition) is 4. The first-order chi connectivity index (χ1) is 14.3. The quantitative estimate of drug-likeness (QED) is 0.356. The molecular formula is C23H44N4O2Sn. The zero-order valence-electron chi connectivity index (χ0n) is 20.2. The van der Waals surface area contributed by atoms with Gasteiger partial charge in [0.25, 0.3) is 0 Å². The van der Waals surface area contributed by atoms with Gasteiger partial charge in [-0.05, 0) is 0 Å². The Morgan fingerprint density at radius 3 is 2.17 bits per heavy atom. The van der Waals surface area contributed by atoms with E-state index in [0.29, 0.717) is 6.54 Å². The molecule has 0 aromatic carbocycles. The Kier molecular flexibility index (Phi) is 9.95. The van der Waals surface area contributed by atoms with Crippen molar-refractivity contribution in [3.63, 3.8) is 0 Å². The van der Waals surface area contributed by atoms with Crippen molar-refractivity contribution in [1.29, 1.82) is 0 Å². The Morgan fingerprint density at radius 1 is 1.10 bits per heavy atom. The molecule has 0 spiro atoms. The van der Waals surface area contributed by atoms with Gasteiger partial charge >= 0.3 is 188 Å². The van der Waals surface area contributed by atoms with Gasteiger partial charge in [-0.2, -0.15) is 0 Å². The monoisotopic (exact) mass is 528 g/mol. The molecule has 172 valence electrons. The van der Waals surface area contributed by atoms with E-state index in [1.165, 1.54) is 55.5 Å². The van der Waals surface area contributed by atoms with Gasteiger partial charge in [-0.3, -0.25) is 0 Å². The van der Waals surface area contributed by atoms with E-state index < -0.39 is 24.0 Å². The fourth-order valence-corrected chi connectivity index (χ4v) is 20.8. The molecule has 1 aromatic heterocycles. The third-order valence-electron chi connectivity index (χ3n) is 6.31. The zero-order valence-corrected chi connectivity index (χ0v) is 23.1. The average Bonchev–Trinajstić information content (AvgIpc) is 3.36. The molecule has 0 bridgehead atoms. The van der Waals surface area contributed by atoms with Crippen LogP contribution < -0.4 is 3.71 Å². The molecule has 2 rings (SSSR count). The molecule has 0 aliphatic carbocycles. The number of aromatic nitrogens is 3. The van der Waals surface area contributed by atoms with Gasteiger partial charge in [-0.1, -0.05) is 0 Å². The van der Waals surface area contributed by atoms with Gasteiger partial charge in [0, 0.05) is 0 Å². The van der Waals surface area contributed by atoms with Crippen molar-refractivity contribution in [1.82, 2.24) is 19.9 Å². The molecule has 1 aliphatic rings. The van der Waals surface area contributed by atoms with Crippen LogP contribution in [0.25, 0.3) is 0 Å². The Hall–Kier alpha value is -0.791. The van der Waals surface area contributed by atoms with Crippen molar-refractivity contribution >= 4 is 28.2 Å². The summed E-state index contributed by atoms with van der Waals surface area (Å²) >= 11 is -2.61. The fourth-order valence-electron chi connectivity index (χ4n) is 4.63. The second kappa shape index (κ2) is 11.7. The standard InChI is InChI=1S/C11H17N4O2.3C4H9.Sn/c1-11(2,3)17-10(16)14-6-4-9(8-14)15-7-5-12-13-15;3*1-3-4-2;/h5,9H,4,6,8H2,1-3H3;3*1,3-4H2,2H3;/t9-;;;;/m0..../s1. The Labute approximate surface area is 188 Å². The number of nitrogens with zero attached hydrogens (tertiary/aromatic N) is 4. The van der Waals surface area contributed by atoms with Crippen LogP contribution in [0.5, 0.6) is 0 Å². The molecule has 30 heavy (non-hydrogen) atoms. The predicted octanol–water partition coefficient (Wildman–Crippen LogP) is 5.52. The third kappa shape index (κ3) is 6.86. The molecule has 1 amide bonds. The van der Waals surface area contributed by atoms with Crippen LogP contribution in [0.4, 0.5) is 4.79 Å². The van der Waals surface area contributed by atoms with Crippen LogP contribution in [-0.2, 0) is 4.74 Å². The third-order valence-corrected chi connectivity index (χ3v) is 21.7. The van der Waals surface area contributed by atoms with Crippen molar-refractivity contribution in [3.8, 4) is 0 Å². The molecule has 0 N–H and O–H groups in total. The predicted molar refractivity (Wildman–Crippen MR) is 126 cm³/mol. The van der Waals surface area contributed by atoms with Gasteiger partial charge < -0.3 is 0 Å². The van der Waals surface area contributed by atoms with Gasteiger partial charge in [0.05, 0.1) is 0 Å². The summed E-state index contributed by atoms with van der Waals surface area (Å²) in [5.41, 5.74) is -0.459. The molecular weight excluding hydrogens is 483 g/mol. The summed E-state index contributed by atoms with van der Waals surface area (Å²) in [6.45, 7) is 14.1. The zero-order chi connectivity index (χ0) is 22.2. The van der Waals surface area contributed by atoms with Crippen LogP contribution in [0.1, 0.15) is 92.5 Å². The summed E-state index contributed by atoms with van der Waals surface area (Å²) in [5.74, 6) is 0. The Bertz CT molecular complexity index is 634. The number of likely N-dealkylation sites (tertiary alicyclic amines) is 1. The van der Waals surface area contributed by atoms with Crippen LogP contribution in [0.15, 0.2) is 6.20 Å². The summed E-state index contributed by atoms with van der Waals surface area (Å²) in [6.07, 6.45) is 10.6. The summed E-state index contributed by atoms with van der Waals surface area (Å²) in [7, 11) is 0. The topological polar surface area (TPSA) is 60.2 Å². The summed E-state index contributed by atoms with van der Waals surface area (Å²) in [4.78, 5) is 14.4. The van der Waals surface area contributed by atoms with Crippen molar-refractivity contribution in [3.05, 3.63) is 6.20 Å². The van der Waals surface area contributed by atoms with Gasteiger partial charge in [0.15, 0.2) is 0 Å². The molecule has 0 radical (unpaired) electrons. The van der Waals surface area contributed by atoms with Gasteiger partial charge in [-0.25, -0.2) is 0 Å². The van der Waals surface area contributed by atoms with Crippen LogP contribution in [0.2, 0.25) is 13.3 Å². The van der Waals surface area contributed by atoms with Gasteiger partial charge in [0.2, 0.25) is 0 Å². The molecule has 1 aromatic rings. The summed E-state index contributed by atoms with van der Waals surface area (Å²) in [5, 5.41) is 9.01. The summed E-state index contributed by atoms with van der Waals surface area (Å²) < 4.78 is 13.6. The first-order valence-electron chi connectivity index (χ1n) is 12.1. The van der Waals surface area contributed by atoms with Crippen molar-refractivity contribution in [2.75, 3.05) is 13.1 Å². The first kappa shape index (κ1) is 25.5. The van der Waals surface area contributed by atoms with E-state index in [1.54, 1.807) is 0 Å². The molecule has 0 saturated carbocycles. The van der Waals surface area contributed by atoms with Crippen molar-refractivity contribution in [2.45, 2.75) is 111 Å². The number of rotatable bonds is 11. The normalized spacial score (nSPS) is 17.5. The number of amides is 1. The van der Waals surface area contributed by atoms with E-state index in [9.17, 15) is 4.79 Å². The van der Waals surface area contributed by atoms with Gasteiger partial charge in [0.1, 0.15) is 0 Å². The maximum atomic E-state index is 12.6. The van der Waals surface area contributed by atoms with E-state index >= 15 is 0 Å².